The van der Waals surface area contributed by atoms with Crippen LogP contribution >= 0.6 is 0 Å². The molecule has 0 unspecified atom stereocenters. The van der Waals surface area contributed by atoms with Crippen molar-refractivity contribution in [1.29, 1.82) is 0 Å². The van der Waals surface area contributed by atoms with Gasteiger partial charge in [0.05, 0.1) is 18.4 Å². The third-order valence-electron chi connectivity index (χ3n) is 8.92. The number of piperazine rings is 1. The van der Waals surface area contributed by atoms with Gasteiger partial charge in [0.1, 0.15) is 17.3 Å². The molecule has 3 heterocycles. The van der Waals surface area contributed by atoms with Gasteiger partial charge in [0.2, 0.25) is 5.91 Å². The lowest BCUT2D eigenvalue weighted by Gasteiger charge is -2.36. The Morgan fingerprint density at radius 2 is 1.58 bits per heavy atom. The highest BCUT2D eigenvalue weighted by Gasteiger charge is 2.32. The van der Waals surface area contributed by atoms with Gasteiger partial charge >= 0.3 is 18.1 Å². The molecule has 2 fully saturated rings. The largest absolute Gasteiger partial charge is 0.460 e. The van der Waals surface area contributed by atoms with Gasteiger partial charge < -0.3 is 39.5 Å². The number of piperidine rings is 1. The number of methoxy groups -OCH3 is 1. The number of nitrogens with one attached hydrogen (secondary N) is 2. The van der Waals surface area contributed by atoms with E-state index in [0.29, 0.717) is 31.1 Å². The Morgan fingerprint density at radius 1 is 0.904 bits per heavy atom. The third-order valence-corrected chi connectivity index (χ3v) is 8.92. The number of amides is 5. The summed E-state index contributed by atoms with van der Waals surface area (Å²) in [6, 6.07) is 11.0. The van der Waals surface area contributed by atoms with Crippen molar-refractivity contribution >= 4 is 35.6 Å². The SMILES string of the molecule is CCCCCOC(=O)N1CCN(C(=O)[C@H](CCC(=O)OC(C)(C)C)NC(=O)c2cc(NC(=O)N3CCC(OC)CC3)cc(-c3ccccc3)n2)CC1. The number of carbonyl (C=O) groups excluding carboxylic acids is 5. The molecular weight excluding hydrogens is 668 g/mol. The van der Waals surface area contributed by atoms with E-state index in [1.165, 1.54) is 6.07 Å². The molecule has 284 valence electrons. The molecule has 2 N–H and O–H groups in total. The second-order valence-electron chi connectivity index (χ2n) is 14.1. The van der Waals surface area contributed by atoms with Crippen LogP contribution in [-0.2, 0) is 23.8 Å². The number of rotatable bonds is 13. The monoisotopic (exact) mass is 722 g/mol. The predicted molar refractivity (Wildman–Crippen MR) is 196 cm³/mol. The van der Waals surface area contributed by atoms with Crippen LogP contribution in [0.1, 0.15) is 83.1 Å². The lowest BCUT2D eigenvalue weighted by atomic mass is 10.1. The van der Waals surface area contributed by atoms with Crippen molar-refractivity contribution in [3.63, 3.8) is 0 Å². The number of benzene rings is 1. The first-order valence-corrected chi connectivity index (χ1v) is 18.3. The Kier molecular flexibility index (Phi) is 14.8. The highest BCUT2D eigenvalue weighted by molar-refractivity contribution is 5.99. The molecule has 52 heavy (non-hydrogen) atoms. The maximum Gasteiger partial charge on any atom is 0.409 e. The van der Waals surface area contributed by atoms with E-state index in [1.54, 1.807) is 48.6 Å². The van der Waals surface area contributed by atoms with E-state index in [-0.39, 0.29) is 62.8 Å². The van der Waals surface area contributed by atoms with Crippen molar-refractivity contribution in [2.24, 2.45) is 0 Å². The van der Waals surface area contributed by atoms with Crippen LogP contribution in [0.2, 0.25) is 0 Å². The fourth-order valence-corrected chi connectivity index (χ4v) is 6.05. The third kappa shape index (κ3) is 12.2. The van der Waals surface area contributed by atoms with E-state index < -0.39 is 29.6 Å². The van der Waals surface area contributed by atoms with Crippen LogP contribution in [0.4, 0.5) is 15.3 Å². The Morgan fingerprint density at radius 3 is 2.21 bits per heavy atom. The number of anilines is 1. The summed E-state index contributed by atoms with van der Waals surface area (Å²) in [6.07, 6.45) is 3.80. The zero-order chi connectivity index (χ0) is 37.7. The van der Waals surface area contributed by atoms with Gasteiger partial charge in [-0.1, -0.05) is 50.1 Å². The zero-order valence-electron chi connectivity index (χ0n) is 31.2. The van der Waals surface area contributed by atoms with Crippen molar-refractivity contribution in [3.8, 4) is 11.3 Å². The standard InChI is InChI=1S/C38H54N6O8/c1-6-7-11-24-51-37(49)44-22-20-42(21-23-44)35(47)30(14-15-33(45)52-38(2,3)4)41-34(46)32-26-28(25-31(40-32)27-12-9-8-10-13-27)39-36(48)43-18-16-29(50-5)17-19-43/h8-10,12-13,25-26,29-30H,6-7,11,14-24H2,1-5H3,(H,41,46)(H,39,40,48)/t30-/m0/s1. The van der Waals surface area contributed by atoms with Crippen molar-refractivity contribution in [3.05, 3.63) is 48.2 Å². The Hall–Kier alpha value is -4.72. The average molecular weight is 723 g/mol. The number of ether oxygens (including phenoxy) is 3. The molecule has 4 rings (SSSR count). The van der Waals surface area contributed by atoms with E-state index >= 15 is 0 Å². The first-order chi connectivity index (χ1) is 24.9. The fourth-order valence-electron chi connectivity index (χ4n) is 6.05. The molecule has 14 nitrogen and oxygen atoms in total. The molecule has 0 aliphatic carbocycles. The Balaban J connectivity index is 1.51. The van der Waals surface area contributed by atoms with E-state index in [1.807, 2.05) is 30.3 Å². The number of urea groups is 1. The van der Waals surface area contributed by atoms with Gasteiger partial charge in [0, 0.05) is 64.0 Å². The highest BCUT2D eigenvalue weighted by atomic mass is 16.6. The summed E-state index contributed by atoms with van der Waals surface area (Å²) >= 11 is 0. The second-order valence-corrected chi connectivity index (χ2v) is 14.1. The van der Waals surface area contributed by atoms with E-state index in [2.05, 4.69) is 22.5 Å². The molecule has 1 aromatic heterocycles. The molecule has 0 bridgehead atoms. The minimum Gasteiger partial charge on any atom is -0.460 e. The molecule has 0 radical (unpaired) electrons. The van der Waals surface area contributed by atoms with E-state index in [9.17, 15) is 24.0 Å². The molecule has 0 spiro atoms. The number of pyridine rings is 1. The minimum atomic E-state index is -1.09. The first kappa shape index (κ1) is 40.1. The highest BCUT2D eigenvalue weighted by Crippen LogP contribution is 2.24. The van der Waals surface area contributed by atoms with Gasteiger partial charge in [-0.2, -0.15) is 0 Å². The lowest BCUT2D eigenvalue weighted by molar-refractivity contribution is -0.155. The van der Waals surface area contributed by atoms with Crippen LogP contribution in [0.3, 0.4) is 0 Å². The summed E-state index contributed by atoms with van der Waals surface area (Å²) in [6.45, 7) is 9.79. The van der Waals surface area contributed by atoms with Gasteiger partial charge in [-0.3, -0.25) is 14.4 Å². The molecule has 2 aliphatic rings. The van der Waals surface area contributed by atoms with Crippen molar-refractivity contribution in [2.45, 2.75) is 90.4 Å². The lowest BCUT2D eigenvalue weighted by Crippen LogP contribution is -2.56. The van der Waals surface area contributed by atoms with Crippen molar-refractivity contribution < 1.29 is 38.2 Å². The molecule has 2 aromatic rings. The molecular formula is C38H54N6O8. The normalized spacial score (nSPS) is 15.8. The number of unbranched alkanes of at least 4 members (excludes halogenated alkanes) is 2. The van der Waals surface area contributed by atoms with Crippen LogP contribution < -0.4 is 10.6 Å². The van der Waals surface area contributed by atoms with Crippen LogP contribution in [0.25, 0.3) is 11.3 Å². The summed E-state index contributed by atoms with van der Waals surface area (Å²) in [5.74, 6) is -1.54. The number of nitrogens with zero attached hydrogens (tertiary/aromatic N) is 4. The van der Waals surface area contributed by atoms with Gasteiger partial charge in [-0.15, -0.1) is 0 Å². The van der Waals surface area contributed by atoms with Crippen LogP contribution in [0.5, 0.6) is 0 Å². The van der Waals surface area contributed by atoms with Gasteiger partial charge in [-0.05, 0) is 58.6 Å². The zero-order valence-corrected chi connectivity index (χ0v) is 31.2. The summed E-state index contributed by atoms with van der Waals surface area (Å²) < 4.78 is 16.3. The summed E-state index contributed by atoms with van der Waals surface area (Å²) in [4.78, 5) is 75.8. The van der Waals surface area contributed by atoms with Crippen molar-refractivity contribution in [1.82, 2.24) is 25.0 Å². The molecule has 1 atom stereocenters. The summed E-state index contributed by atoms with van der Waals surface area (Å²) in [7, 11) is 1.67. The smallest absolute Gasteiger partial charge is 0.409 e. The molecule has 5 amide bonds. The summed E-state index contributed by atoms with van der Waals surface area (Å²) in [5, 5.41) is 5.73. The van der Waals surface area contributed by atoms with Gasteiger partial charge in [-0.25, -0.2) is 14.6 Å². The second kappa shape index (κ2) is 19.2. The van der Waals surface area contributed by atoms with Crippen LogP contribution in [0.15, 0.2) is 42.5 Å². The van der Waals surface area contributed by atoms with Crippen molar-refractivity contribution in [2.75, 3.05) is 58.3 Å². The molecule has 2 aliphatic heterocycles. The van der Waals surface area contributed by atoms with E-state index in [4.69, 9.17) is 14.2 Å². The maximum absolute atomic E-state index is 13.9. The molecule has 14 heteroatoms. The Bertz CT molecular complexity index is 1520. The summed E-state index contributed by atoms with van der Waals surface area (Å²) in [5.41, 5.74) is 0.820. The average Bonchev–Trinajstić information content (AvgIpc) is 3.14. The van der Waals surface area contributed by atoms with Crippen LogP contribution in [-0.4, -0.2) is 120 Å². The van der Waals surface area contributed by atoms with Gasteiger partial charge in [0.25, 0.3) is 5.91 Å². The minimum absolute atomic E-state index is 0.0135. The maximum atomic E-state index is 13.9. The number of hydrogen-bond donors (Lipinski definition) is 2. The number of likely N-dealkylation sites (tertiary alicyclic amines) is 1. The topological polar surface area (TPSA) is 160 Å². The number of aromatic nitrogens is 1. The molecule has 1 aromatic carbocycles. The quantitative estimate of drug-likeness (QED) is 0.212. The first-order valence-electron chi connectivity index (χ1n) is 18.3. The number of carbonyl (C=O) groups is 5. The predicted octanol–water partition coefficient (Wildman–Crippen LogP) is 5.08. The van der Waals surface area contributed by atoms with Crippen LogP contribution in [0, 0.1) is 0 Å². The molecule has 0 saturated carbocycles. The van der Waals surface area contributed by atoms with Gasteiger partial charge in [0.15, 0.2) is 0 Å². The Labute approximate surface area is 306 Å². The van der Waals surface area contributed by atoms with E-state index in [0.717, 1.165) is 37.7 Å². The number of esters is 1. The number of hydrogen-bond acceptors (Lipinski definition) is 9. The molecule has 2 saturated heterocycles. The fraction of sp³-hybridized carbons (Fsp3) is 0.579.